The number of halogens is 2. The SMILES string of the molecule is COCCCn1c(SCC(=O)N(C)Cc2ccc(Cl)c(Cl)c2)n[nH]c1=O. The topological polar surface area (TPSA) is 80.2 Å². The molecule has 0 aliphatic heterocycles. The van der Waals surface area contributed by atoms with Gasteiger partial charge in [0.15, 0.2) is 5.16 Å². The summed E-state index contributed by atoms with van der Waals surface area (Å²) in [5.41, 5.74) is 0.594. The first kappa shape index (κ1) is 20.8. The van der Waals surface area contributed by atoms with Gasteiger partial charge < -0.3 is 9.64 Å². The van der Waals surface area contributed by atoms with Crippen molar-refractivity contribution in [2.24, 2.45) is 0 Å². The number of aromatic amines is 1. The van der Waals surface area contributed by atoms with Crippen molar-refractivity contribution < 1.29 is 9.53 Å². The number of amides is 1. The van der Waals surface area contributed by atoms with Crippen LogP contribution in [0.15, 0.2) is 28.2 Å². The summed E-state index contributed by atoms with van der Waals surface area (Å²) in [6, 6.07) is 5.27. The van der Waals surface area contributed by atoms with Crippen LogP contribution in [0.25, 0.3) is 0 Å². The molecule has 1 aromatic carbocycles. The molecule has 0 fully saturated rings. The van der Waals surface area contributed by atoms with Crippen molar-refractivity contribution in [2.45, 2.75) is 24.7 Å². The molecule has 0 unspecified atom stereocenters. The summed E-state index contributed by atoms with van der Waals surface area (Å²) in [4.78, 5) is 25.7. The van der Waals surface area contributed by atoms with Crippen molar-refractivity contribution in [1.82, 2.24) is 19.7 Å². The van der Waals surface area contributed by atoms with Gasteiger partial charge in [0.2, 0.25) is 5.91 Å². The number of carbonyl (C=O) groups is 1. The standard InChI is InChI=1S/C16H20Cl2N4O3S/c1-21(9-11-4-5-12(17)13(18)8-11)14(23)10-26-16-20-19-15(24)22(16)6-3-7-25-2/h4-5,8H,3,6-7,9-10H2,1-2H3,(H,19,24). The molecular weight excluding hydrogens is 399 g/mol. The zero-order chi connectivity index (χ0) is 19.1. The predicted octanol–water partition coefficient (Wildman–Crippen LogP) is 2.67. The number of H-pyrrole nitrogens is 1. The molecule has 1 amide bonds. The Morgan fingerprint density at radius 1 is 1.38 bits per heavy atom. The van der Waals surface area contributed by atoms with Crippen LogP contribution in [0.3, 0.4) is 0 Å². The average molecular weight is 419 g/mol. The lowest BCUT2D eigenvalue weighted by Gasteiger charge is -2.17. The monoisotopic (exact) mass is 418 g/mol. The van der Waals surface area contributed by atoms with E-state index in [1.54, 1.807) is 31.2 Å². The maximum atomic E-state index is 12.4. The van der Waals surface area contributed by atoms with E-state index in [1.165, 1.54) is 16.3 Å². The first-order chi connectivity index (χ1) is 12.4. The van der Waals surface area contributed by atoms with Crippen LogP contribution in [0.2, 0.25) is 10.0 Å². The summed E-state index contributed by atoms with van der Waals surface area (Å²) in [5.74, 6) is 0.0896. The molecule has 1 aromatic heterocycles. The van der Waals surface area contributed by atoms with Crippen molar-refractivity contribution in [3.8, 4) is 0 Å². The minimum absolute atomic E-state index is 0.0834. The number of hydrogen-bond acceptors (Lipinski definition) is 5. The van der Waals surface area contributed by atoms with E-state index < -0.39 is 0 Å². The maximum absolute atomic E-state index is 12.4. The molecule has 0 aliphatic carbocycles. The van der Waals surface area contributed by atoms with Crippen LogP contribution in [-0.2, 0) is 22.6 Å². The van der Waals surface area contributed by atoms with Gasteiger partial charge in [-0.25, -0.2) is 9.89 Å². The number of hydrogen-bond donors (Lipinski definition) is 1. The Labute approximate surface area is 165 Å². The second kappa shape index (κ2) is 10.0. The highest BCUT2D eigenvalue weighted by atomic mass is 35.5. The summed E-state index contributed by atoms with van der Waals surface area (Å²) < 4.78 is 6.50. The van der Waals surface area contributed by atoms with E-state index in [9.17, 15) is 9.59 Å². The van der Waals surface area contributed by atoms with Gasteiger partial charge in [0.05, 0.1) is 15.8 Å². The van der Waals surface area contributed by atoms with Crippen LogP contribution in [0.5, 0.6) is 0 Å². The fourth-order valence-corrected chi connectivity index (χ4v) is 3.45. The quantitative estimate of drug-likeness (QED) is 0.499. The van der Waals surface area contributed by atoms with Gasteiger partial charge in [-0.05, 0) is 24.1 Å². The molecule has 10 heteroatoms. The van der Waals surface area contributed by atoms with Crippen LogP contribution < -0.4 is 5.69 Å². The zero-order valence-electron chi connectivity index (χ0n) is 14.5. The molecule has 2 aromatic rings. The van der Waals surface area contributed by atoms with Crippen LogP contribution in [-0.4, -0.2) is 52.1 Å². The third kappa shape index (κ3) is 5.77. The lowest BCUT2D eigenvalue weighted by Crippen LogP contribution is -2.28. The van der Waals surface area contributed by atoms with E-state index >= 15 is 0 Å². The van der Waals surface area contributed by atoms with Crippen molar-refractivity contribution in [3.05, 3.63) is 44.3 Å². The van der Waals surface area contributed by atoms with Gasteiger partial charge in [0.1, 0.15) is 0 Å². The Morgan fingerprint density at radius 2 is 2.15 bits per heavy atom. The molecule has 0 radical (unpaired) electrons. The number of thioether (sulfide) groups is 1. The molecule has 0 bridgehead atoms. The fourth-order valence-electron chi connectivity index (χ4n) is 2.21. The number of rotatable bonds is 9. The summed E-state index contributed by atoms with van der Waals surface area (Å²) in [7, 11) is 3.32. The van der Waals surface area contributed by atoms with Gasteiger partial charge in [-0.1, -0.05) is 41.0 Å². The zero-order valence-corrected chi connectivity index (χ0v) is 16.8. The second-order valence-electron chi connectivity index (χ2n) is 5.60. The average Bonchev–Trinajstić information content (AvgIpc) is 2.96. The normalized spacial score (nSPS) is 10.9. The third-order valence-corrected chi connectivity index (χ3v) is 5.31. The van der Waals surface area contributed by atoms with Crippen molar-refractivity contribution >= 4 is 40.9 Å². The molecule has 142 valence electrons. The molecule has 2 rings (SSSR count). The van der Waals surface area contributed by atoms with Crippen LogP contribution in [0, 0.1) is 0 Å². The first-order valence-electron chi connectivity index (χ1n) is 7.87. The summed E-state index contributed by atoms with van der Waals surface area (Å²) in [6.07, 6.45) is 0.689. The first-order valence-corrected chi connectivity index (χ1v) is 9.61. The predicted molar refractivity (Wildman–Crippen MR) is 103 cm³/mol. The Hall–Kier alpha value is -1.48. The largest absolute Gasteiger partial charge is 0.385 e. The highest BCUT2D eigenvalue weighted by Crippen LogP contribution is 2.23. The van der Waals surface area contributed by atoms with Crippen LogP contribution >= 0.6 is 35.0 Å². The smallest absolute Gasteiger partial charge is 0.343 e. The van der Waals surface area contributed by atoms with E-state index in [0.717, 1.165) is 5.56 Å². The van der Waals surface area contributed by atoms with E-state index in [1.807, 2.05) is 6.07 Å². The molecule has 0 aliphatic rings. The fraction of sp³-hybridized carbons (Fsp3) is 0.438. The number of carbonyl (C=O) groups excluding carboxylic acids is 1. The maximum Gasteiger partial charge on any atom is 0.343 e. The van der Waals surface area contributed by atoms with Crippen molar-refractivity contribution in [3.63, 3.8) is 0 Å². The Bertz CT molecular complexity index is 809. The molecule has 0 atom stereocenters. The highest BCUT2D eigenvalue weighted by Gasteiger charge is 2.14. The molecule has 7 nitrogen and oxygen atoms in total. The van der Waals surface area contributed by atoms with E-state index in [-0.39, 0.29) is 17.3 Å². The van der Waals surface area contributed by atoms with Crippen molar-refractivity contribution in [2.75, 3.05) is 26.5 Å². The van der Waals surface area contributed by atoms with Gasteiger partial charge in [-0.15, -0.1) is 5.10 Å². The number of nitrogens with zero attached hydrogens (tertiary/aromatic N) is 3. The van der Waals surface area contributed by atoms with Gasteiger partial charge in [-0.2, -0.15) is 0 Å². The second-order valence-corrected chi connectivity index (χ2v) is 7.35. The highest BCUT2D eigenvalue weighted by molar-refractivity contribution is 7.99. The van der Waals surface area contributed by atoms with Gasteiger partial charge >= 0.3 is 5.69 Å². The number of aromatic nitrogens is 3. The Morgan fingerprint density at radius 3 is 2.85 bits per heavy atom. The minimum atomic E-state index is -0.291. The minimum Gasteiger partial charge on any atom is -0.385 e. The molecule has 0 saturated carbocycles. The van der Waals surface area contributed by atoms with Gasteiger partial charge in [0.25, 0.3) is 0 Å². The molecular formula is C16H20Cl2N4O3S. The van der Waals surface area contributed by atoms with E-state index in [4.69, 9.17) is 27.9 Å². The van der Waals surface area contributed by atoms with Crippen molar-refractivity contribution in [1.29, 1.82) is 0 Å². The van der Waals surface area contributed by atoms with E-state index in [2.05, 4.69) is 10.2 Å². The Balaban J connectivity index is 1.91. The molecule has 0 spiro atoms. The number of benzene rings is 1. The lowest BCUT2D eigenvalue weighted by atomic mass is 10.2. The molecule has 26 heavy (non-hydrogen) atoms. The summed E-state index contributed by atoms with van der Waals surface area (Å²) >= 11 is 13.1. The van der Waals surface area contributed by atoms with Crippen LogP contribution in [0.4, 0.5) is 0 Å². The lowest BCUT2D eigenvalue weighted by molar-refractivity contribution is -0.127. The van der Waals surface area contributed by atoms with Gasteiger partial charge in [0, 0.05) is 33.9 Å². The summed E-state index contributed by atoms with van der Waals surface area (Å²) in [5, 5.41) is 7.81. The van der Waals surface area contributed by atoms with Crippen LogP contribution in [0.1, 0.15) is 12.0 Å². The summed E-state index contributed by atoms with van der Waals surface area (Å²) in [6.45, 7) is 1.45. The Kier molecular flexibility index (Phi) is 8.02. The third-order valence-electron chi connectivity index (χ3n) is 3.61. The molecule has 1 heterocycles. The van der Waals surface area contributed by atoms with E-state index in [0.29, 0.717) is 41.3 Å². The number of nitrogens with one attached hydrogen (secondary N) is 1. The number of ether oxygens (including phenoxy) is 1. The van der Waals surface area contributed by atoms with Gasteiger partial charge in [-0.3, -0.25) is 9.36 Å². The number of methoxy groups -OCH3 is 1. The molecule has 0 saturated heterocycles. The molecule has 1 N–H and O–H groups in total.